The van der Waals surface area contributed by atoms with Crippen LogP contribution in [0.15, 0.2) is 18.2 Å². The molecule has 0 unspecified atom stereocenters. The van der Waals surface area contributed by atoms with Crippen LogP contribution >= 0.6 is 11.3 Å². The predicted molar refractivity (Wildman–Crippen MR) is 94.3 cm³/mol. The smallest absolute Gasteiger partial charge is 0.240 e. The number of hydrogen-bond acceptors (Lipinski definition) is 5. The monoisotopic (exact) mass is 333 g/mol. The summed E-state index contributed by atoms with van der Waals surface area (Å²) in [6.07, 6.45) is 2.35. The molecular formula is C17H23N3O2S. The average molecular weight is 333 g/mol. The molecule has 3 rings (SSSR count). The zero-order valence-corrected chi connectivity index (χ0v) is 14.5. The number of thiazole rings is 1. The lowest BCUT2D eigenvalue weighted by atomic mass is 9.99. The van der Waals surface area contributed by atoms with Crippen LogP contribution in [0, 0.1) is 5.92 Å². The Morgan fingerprint density at radius 2 is 2.22 bits per heavy atom. The second kappa shape index (κ2) is 7.27. The van der Waals surface area contributed by atoms with Gasteiger partial charge in [0.2, 0.25) is 5.91 Å². The van der Waals surface area contributed by atoms with Crippen LogP contribution in [0.3, 0.4) is 0 Å². The highest BCUT2D eigenvalue weighted by molar-refractivity contribution is 7.22. The number of piperidine rings is 1. The first-order valence-electron chi connectivity index (χ1n) is 8.19. The molecule has 1 aliphatic heterocycles. The number of nitrogens with zero attached hydrogens (tertiary/aromatic N) is 2. The van der Waals surface area contributed by atoms with Gasteiger partial charge < -0.3 is 10.1 Å². The van der Waals surface area contributed by atoms with Gasteiger partial charge in [-0.15, -0.1) is 0 Å². The van der Waals surface area contributed by atoms with Crippen LogP contribution in [0.2, 0.25) is 0 Å². The van der Waals surface area contributed by atoms with Crippen molar-refractivity contribution < 1.29 is 9.53 Å². The molecular weight excluding hydrogens is 310 g/mol. The number of nitrogens with one attached hydrogen (secondary N) is 1. The quantitative estimate of drug-likeness (QED) is 0.911. The first kappa shape index (κ1) is 16.2. The molecule has 1 amide bonds. The lowest BCUT2D eigenvalue weighted by Gasteiger charge is -2.29. The average Bonchev–Trinajstić information content (AvgIpc) is 2.91. The van der Waals surface area contributed by atoms with E-state index in [1.165, 1.54) is 24.2 Å². The minimum Gasteiger partial charge on any atom is -0.494 e. The lowest BCUT2D eigenvalue weighted by molar-refractivity contribution is -0.117. The molecule has 2 heterocycles. The normalized spacial score (nSPS) is 16.6. The van der Waals surface area contributed by atoms with Gasteiger partial charge >= 0.3 is 0 Å². The number of hydrogen-bond donors (Lipinski definition) is 1. The molecule has 1 saturated heterocycles. The van der Waals surface area contributed by atoms with Gasteiger partial charge in [0.15, 0.2) is 5.13 Å². The summed E-state index contributed by atoms with van der Waals surface area (Å²) in [6.45, 7) is 7.34. The Balaban J connectivity index is 1.60. The fraction of sp³-hybridized carbons (Fsp3) is 0.529. The molecule has 1 fully saturated rings. The van der Waals surface area contributed by atoms with Crippen LogP contribution in [0.25, 0.3) is 10.2 Å². The zero-order chi connectivity index (χ0) is 16.2. The Morgan fingerprint density at radius 3 is 2.96 bits per heavy atom. The van der Waals surface area contributed by atoms with E-state index in [4.69, 9.17) is 4.74 Å². The van der Waals surface area contributed by atoms with Crippen LogP contribution in [-0.4, -0.2) is 42.0 Å². The van der Waals surface area contributed by atoms with Crippen molar-refractivity contribution in [1.82, 2.24) is 9.88 Å². The highest BCUT2D eigenvalue weighted by atomic mass is 32.1. The van der Waals surface area contributed by atoms with Gasteiger partial charge in [0.25, 0.3) is 0 Å². The number of ether oxygens (including phenoxy) is 1. The van der Waals surface area contributed by atoms with Gasteiger partial charge in [-0.3, -0.25) is 9.69 Å². The van der Waals surface area contributed by atoms with E-state index in [-0.39, 0.29) is 5.91 Å². The maximum absolute atomic E-state index is 12.2. The van der Waals surface area contributed by atoms with Crippen LogP contribution in [0.5, 0.6) is 5.75 Å². The molecule has 0 atom stereocenters. The highest BCUT2D eigenvalue weighted by Gasteiger charge is 2.18. The molecule has 0 saturated carbocycles. The number of carbonyl (C=O) groups is 1. The molecule has 124 valence electrons. The van der Waals surface area contributed by atoms with Gasteiger partial charge in [0.1, 0.15) is 5.75 Å². The molecule has 23 heavy (non-hydrogen) atoms. The summed E-state index contributed by atoms with van der Waals surface area (Å²) >= 11 is 1.49. The molecule has 0 bridgehead atoms. The minimum absolute atomic E-state index is 0.0173. The number of rotatable bonds is 5. The Hall–Kier alpha value is -1.66. The van der Waals surface area contributed by atoms with E-state index in [1.807, 2.05) is 25.1 Å². The summed E-state index contributed by atoms with van der Waals surface area (Å²) in [4.78, 5) is 18.9. The van der Waals surface area contributed by atoms with E-state index in [9.17, 15) is 4.79 Å². The first-order chi connectivity index (χ1) is 11.1. The predicted octanol–water partition coefficient (Wildman–Crippen LogP) is 3.37. The summed E-state index contributed by atoms with van der Waals surface area (Å²) < 4.78 is 6.52. The van der Waals surface area contributed by atoms with Crippen molar-refractivity contribution in [2.24, 2.45) is 5.92 Å². The third-order valence-corrected chi connectivity index (χ3v) is 5.09. The number of amides is 1. The largest absolute Gasteiger partial charge is 0.494 e. The summed E-state index contributed by atoms with van der Waals surface area (Å²) in [5.41, 5.74) is 0.889. The zero-order valence-electron chi connectivity index (χ0n) is 13.7. The van der Waals surface area contributed by atoms with E-state index in [1.54, 1.807) is 0 Å². The van der Waals surface area contributed by atoms with Gasteiger partial charge in [-0.2, -0.15) is 0 Å². The standard InChI is InChI=1S/C17H23N3O2S/c1-3-22-13-4-5-14-15(10-13)23-17(18-14)19-16(21)11-20-8-6-12(2)7-9-20/h4-5,10,12H,3,6-9,11H2,1-2H3,(H,18,19,21). The Kier molecular flexibility index (Phi) is 5.13. The van der Waals surface area contributed by atoms with Crippen molar-refractivity contribution in [2.45, 2.75) is 26.7 Å². The molecule has 2 aromatic rings. The second-order valence-electron chi connectivity index (χ2n) is 6.09. The maximum Gasteiger partial charge on any atom is 0.240 e. The van der Waals surface area contributed by atoms with Crippen molar-refractivity contribution in [2.75, 3.05) is 31.6 Å². The molecule has 5 nitrogen and oxygen atoms in total. The van der Waals surface area contributed by atoms with E-state index < -0.39 is 0 Å². The SMILES string of the molecule is CCOc1ccc2nc(NC(=O)CN3CCC(C)CC3)sc2c1. The Labute approximate surface area is 140 Å². The molecule has 1 aromatic carbocycles. The molecule has 1 N–H and O–H groups in total. The van der Waals surface area contributed by atoms with Crippen molar-refractivity contribution in [1.29, 1.82) is 0 Å². The lowest BCUT2D eigenvalue weighted by Crippen LogP contribution is -2.38. The van der Waals surface area contributed by atoms with Gasteiger partial charge in [-0.25, -0.2) is 4.98 Å². The minimum atomic E-state index is 0.0173. The number of benzene rings is 1. The van der Waals surface area contributed by atoms with E-state index in [0.717, 1.165) is 35.0 Å². The van der Waals surface area contributed by atoms with Crippen molar-refractivity contribution in [3.8, 4) is 5.75 Å². The van der Waals surface area contributed by atoms with E-state index in [2.05, 4.69) is 22.1 Å². The molecule has 0 radical (unpaired) electrons. The van der Waals surface area contributed by atoms with E-state index >= 15 is 0 Å². The summed E-state index contributed by atoms with van der Waals surface area (Å²) in [7, 11) is 0. The molecule has 1 aliphatic rings. The Bertz CT molecular complexity index is 678. The molecule has 1 aromatic heterocycles. The number of likely N-dealkylation sites (tertiary alicyclic amines) is 1. The number of aromatic nitrogens is 1. The number of fused-ring (bicyclic) bond motifs is 1. The third kappa shape index (κ3) is 4.20. The van der Waals surface area contributed by atoms with Crippen LogP contribution in [-0.2, 0) is 4.79 Å². The topological polar surface area (TPSA) is 54.5 Å². The fourth-order valence-electron chi connectivity index (χ4n) is 2.80. The first-order valence-corrected chi connectivity index (χ1v) is 9.01. The summed E-state index contributed by atoms with van der Waals surface area (Å²) in [5.74, 6) is 1.63. The van der Waals surface area contributed by atoms with Gasteiger partial charge in [-0.1, -0.05) is 18.3 Å². The molecule has 0 spiro atoms. The molecule has 0 aliphatic carbocycles. The summed E-state index contributed by atoms with van der Waals surface area (Å²) in [6, 6.07) is 5.81. The second-order valence-corrected chi connectivity index (χ2v) is 7.12. The third-order valence-electron chi connectivity index (χ3n) is 4.16. The van der Waals surface area contributed by atoms with Gasteiger partial charge in [0, 0.05) is 0 Å². The fourth-order valence-corrected chi connectivity index (χ4v) is 3.71. The van der Waals surface area contributed by atoms with Crippen molar-refractivity contribution in [3.05, 3.63) is 18.2 Å². The van der Waals surface area contributed by atoms with Gasteiger partial charge in [0.05, 0.1) is 23.4 Å². The van der Waals surface area contributed by atoms with Crippen LogP contribution in [0.1, 0.15) is 26.7 Å². The van der Waals surface area contributed by atoms with Crippen LogP contribution in [0.4, 0.5) is 5.13 Å². The number of carbonyl (C=O) groups excluding carboxylic acids is 1. The van der Waals surface area contributed by atoms with Gasteiger partial charge in [-0.05, 0) is 57.0 Å². The van der Waals surface area contributed by atoms with Crippen molar-refractivity contribution in [3.63, 3.8) is 0 Å². The number of anilines is 1. The Morgan fingerprint density at radius 1 is 1.43 bits per heavy atom. The highest BCUT2D eigenvalue weighted by Crippen LogP contribution is 2.29. The molecule has 6 heteroatoms. The van der Waals surface area contributed by atoms with Crippen molar-refractivity contribution >= 4 is 32.6 Å². The summed E-state index contributed by atoms with van der Waals surface area (Å²) in [5, 5.41) is 3.58. The van der Waals surface area contributed by atoms with E-state index in [0.29, 0.717) is 18.3 Å². The maximum atomic E-state index is 12.2. The van der Waals surface area contributed by atoms with Crippen LogP contribution < -0.4 is 10.1 Å².